The van der Waals surface area contributed by atoms with Gasteiger partial charge in [-0.05, 0) is 23.6 Å². The van der Waals surface area contributed by atoms with Crippen molar-refractivity contribution in [2.75, 3.05) is 0 Å². The van der Waals surface area contributed by atoms with Crippen molar-refractivity contribution >= 4 is 31.6 Å². The summed E-state index contributed by atoms with van der Waals surface area (Å²) < 4.78 is 24.3. The van der Waals surface area contributed by atoms with E-state index >= 15 is 0 Å². The van der Waals surface area contributed by atoms with Gasteiger partial charge in [0.1, 0.15) is 5.75 Å². The van der Waals surface area contributed by atoms with Crippen LogP contribution < -0.4 is 4.52 Å². The minimum atomic E-state index is -3.91. The molecule has 0 aliphatic carbocycles. The predicted octanol–water partition coefficient (Wildman–Crippen LogP) is 4.64. The number of halogens is 2. The molecule has 0 spiro atoms. The van der Waals surface area contributed by atoms with Crippen LogP contribution in [-0.2, 0) is 12.7 Å². The fourth-order valence-corrected chi connectivity index (χ4v) is 1.96. The van der Waals surface area contributed by atoms with E-state index in [9.17, 15) is 4.57 Å². The lowest BCUT2D eigenvalue weighted by Crippen LogP contribution is -1.93. The zero-order valence-corrected chi connectivity index (χ0v) is 11.1. The lowest BCUT2D eigenvalue weighted by atomic mass is 10.0. The second-order valence-corrected chi connectivity index (χ2v) is 5.58. The molecule has 0 saturated carbocycles. The largest absolute Gasteiger partial charge is 0.563 e. The first kappa shape index (κ1) is 13.8. The van der Waals surface area contributed by atoms with Crippen LogP contribution in [0.15, 0.2) is 24.3 Å². The van der Waals surface area contributed by atoms with Crippen molar-refractivity contribution in [2.24, 2.45) is 0 Å². The summed E-state index contributed by atoms with van der Waals surface area (Å²) in [5.41, 5.74) is 1.13. The molecule has 0 heterocycles. The Morgan fingerprint density at radius 2 is 1.62 bits per heavy atom. The molecular formula is C9H11Cl2O4P. The highest BCUT2D eigenvalue weighted by Crippen LogP contribution is 2.51. The van der Waals surface area contributed by atoms with Crippen LogP contribution in [0.2, 0.25) is 0 Å². The standard InChI is InChI=1S/C9H11Cl2O4P/c1-7(2)8-3-5-9(6-4-8)13-16(12,14-10)15-11/h3-7H,1-2H3. The fraction of sp³-hybridized carbons (Fsp3) is 0.333. The van der Waals surface area contributed by atoms with Gasteiger partial charge in [0.15, 0.2) is 0 Å². The van der Waals surface area contributed by atoms with Crippen LogP contribution in [0.4, 0.5) is 0 Å². The summed E-state index contributed by atoms with van der Waals surface area (Å²) >= 11 is 9.89. The number of hydrogen-bond acceptors (Lipinski definition) is 4. The fourth-order valence-electron chi connectivity index (χ4n) is 1.08. The van der Waals surface area contributed by atoms with Gasteiger partial charge in [-0.3, -0.25) is 0 Å². The monoisotopic (exact) mass is 284 g/mol. The molecule has 0 fully saturated rings. The Morgan fingerprint density at radius 3 is 2.00 bits per heavy atom. The van der Waals surface area contributed by atoms with Crippen molar-refractivity contribution in [1.29, 1.82) is 0 Å². The Bertz CT molecular complexity index is 372. The molecule has 0 bridgehead atoms. The minimum absolute atomic E-state index is 0.300. The van der Waals surface area contributed by atoms with Crippen LogP contribution in [0.5, 0.6) is 5.75 Å². The van der Waals surface area contributed by atoms with E-state index in [0.29, 0.717) is 11.7 Å². The summed E-state index contributed by atoms with van der Waals surface area (Å²) in [7, 11) is -3.91. The van der Waals surface area contributed by atoms with Gasteiger partial charge < -0.3 is 4.52 Å². The van der Waals surface area contributed by atoms with Crippen molar-refractivity contribution < 1.29 is 17.2 Å². The molecule has 0 aromatic heterocycles. The van der Waals surface area contributed by atoms with E-state index in [1.165, 1.54) is 0 Å². The lowest BCUT2D eigenvalue weighted by Gasteiger charge is -2.11. The topological polar surface area (TPSA) is 44.8 Å². The molecule has 1 aromatic rings. The molecule has 0 N–H and O–H groups in total. The third-order valence-electron chi connectivity index (χ3n) is 1.93. The summed E-state index contributed by atoms with van der Waals surface area (Å²) in [6, 6.07) is 6.95. The third-order valence-corrected chi connectivity index (χ3v) is 3.72. The molecule has 0 atom stereocenters. The normalized spacial score (nSPS) is 11.8. The van der Waals surface area contributed by atoms with E-state index in [4.69, 9.17) is 28.3 Å². The molecule has 0 aliphatic rings. The molecule has 7 heteroatoms. The highest BCUT2D eigenvalue weighted by Gasteiger charge is 2.28. The molecule has 0 amide bonds. The van der Waals surface area contributed by atoms with E-state index in [0.717, 1.165) is 5.56 Å². The van der Waals surface area contributed by atoms with Crippen LogP contribution in [-0.4, -0.2) is 0 Å². The zero-order chi connectivity index (χ0) is 12.2. The molecule has 0 aliphatic heterocycles. The summed E-state index contributed by atoms with van der Waals surface area (Å²) in [6.07, 6.45) is 0. The Hall–Kier alpha value is -0.250. The van der Waals surface area contributed by atoms with Crippen molar-refractivity contribution in [3.05, 3.63) is 29.8 Å². The third kappa shape index (κ3) is 3.65. The minimum Gasteiger partial charge on any atom is -0.402 e. The highest BCUT2D eigenvalue weighted by molar-refractivity contribution is 7.50. The van der Waals surface area contributed by atoms with Gasteiger partial charge in [0.2, 0.25) is 0 Å². The van der Waals surface area contributed by atoms with Crippen LogP contribution in [0.25, 0.3) is 0 Å². The first-order chi connectivity index (χ1) is 7.50. The summed E-state index contributed by atoms with van der Waals surface area (Å²) in [6.45, 7) is 4.12. The van der Waals surface area contributed by atoms with Gasteiger partial charge in [0.25, 0.3) is 0 Å². The summed E-state index contributed by atoms with van der Waals surface area (Å²) in [4.78, 5) is 0. The molecule has 0 radical (unpaired) electrons. The average molecular weight is 285 g/mol. The van der Waals surface area contributed by atoms with Crippen LogP contribution in [0.1, 0.15) is 25.3 Å². The smallest absolute Gasteiger partial charge is 0.402 e. The first-order valence-electron chi connectivity index (χ1n) is 4.51. The van der Waals surface area contributed by atoms with E-state index in [-0.39, 0.29) is 0 Å². The van der Waals surface area contributed by atoms with E-state index in [2.05, 4.69) is 22.0 Å². The number of benzene rings is 1. The second kappa shape index (κ2) is 5.89. The molecule has 1 rings (SSSR count). The molecule has 90 valence electrons. The SMILES string of the molecule is CC(C)c1ccc(OP(=O)(OCl)OCl)cc1. The van der Waals surface area contributed by atoms with Gasteiger partial charge in [-0.2, -0.15) is 8.15 Å². The molecule has 1 aromatic carbocycles. The number of hydrogen-bond donors (Lipinski definition) is 0. The van der Waals surface area contributed by atoms with E-state index < -0.39 is 7.82 Å². The molecule has 0 unspecified atom stereocenters. The molecular weight excluding hydrogens is 274 g/mol. The summed E-state index contributed by atoms with van der Waals surface area (Å²) in [5.74, 6) is 0.698. The Labute approximate surface area is 104 Å². The maximum absolute atomic E-state index is 11.4. The zero-order valence-electron chi connectivity index (χ0n) is 8.72. The van der Waals surface area contributed by atoms with Crippen molar-refractivity contribution in [3.63, 3.8) is 0 Å². The Balaban J connectivity index is 2.79. The molecule has 16 heavy (non-hydrogen) atoms. The van der Waals surface area contributed by atoms with Gasteiger partial charge in [0, 0.05) is 0 Å². The Morgan fingerprint density at radius 1 is 1.12 bits per heavy atom. The van der Waals surface area contributed by atoms with E-state index in [1.54, 1.807) is 12.1 Å². The van der Waals surface area contributed by atoms with Crippen molar-refractivity contribution in [1.82, 2.24) is 0 Å². The van der Waals surface area contributed by atoms with Gasteiger partial charge in [-0.15, -0.1) is 0 Å². The van der Waals surface area contributed by atoms with Crippen LogP contribution in [0.3, 0.4) is 0 Å². The lowest BCUT2D eigenvalue weighted by molar-refractivity contribution is 0.318. The first-order valence-corrected chi connectivity index (χ1v) is 6.59. The summed E-state index contributed by atoms with van der Waals surface area (Å²) in [5, 5.41) is 0. The van der Waals surface area contributed by atoms with E-state index in [1.807, 2.05) is 12.1 Å². The van der Waals surface area contributed by atoms with Crippen LogP contribution >= 0.6 is 31.6 Å². The Kier molecular flexibility index (Phi) is 5.09. The van der Waals surface area contributed by atoms with Gasteiger partial charge in [-0.1, -0.05) is 26.0 Å². The number of rotatable bonds is 5. The predicted molar refractivity (Wildman–Crippen MR) is 62.6 cm³/mol. The van der Waals surface area contributed by atoms with Gasteiger partial charge >= 0.3 is 7.82 Å². The van der Waals surface area contributed by atoms with Crippen molar-refractivity contribution in [3.8, 4) is 5.75 Å². The van der Waals surface area contributed by atoms with Crippen LogP contribution in [0, 0.1) is 0 Å². The maximum Gasteiger partial charge on any atom is 0.563 e. The van der Waals surface area contributed by atoms with Gasteiger partial charge in [0.05, 0.1) is 23.7 Å². The van der Waals surface area contributed by atoms with Gasteiger partial charge in [-0.25, -0.2) is 4.57 Å². The molecule has 0 saturated heterocycles. The van der Waals surface area contributed by atoms with Crippen molar-refractivity contribution in [2.45, 2.75) is 19.8 Å². The average Bonchev–Trinajstić information content (AvgIpc) is 2.29. The highest BCUT2D eigenvalue weighted by atomic mass is 35.5. The molecule has 4 nitrogen and oxygen atoms in total. The second-order valence-electron chi connectivity index (χ2n) is 3.40. The quantitative estimate of drug-likeness (QED) is 0.739. The maximum atomic E-state index is 11.4. The number of phosphoric acid groups is 1.